The number of thioether (sulfide) groups is 1. The molecule has 0 bridgehead atoms. The van der Waals surface area contributed by atoms with Gasteiger partial charge in [-0.2, -0.15) is 9.78 Å². The Morgan fingerprint density at radius 2 is 1.40 bits per heavy atom. The summed E-state index contributed by atoms with van der Waals surface area (Å²) >= 11 is 1.46. The number of para-hydroxylation sites is 1. The molecule has 0 N–H and O–H groups in total. The molecule has 0 unspecified atom stereocenters. The molecule has 4 aromatic carbocycles. The van der Waals surface area contributed by atoms with Gasteiger partial charge in [0, 0.05) is 27.7 Å². The maximum absolute atomic E-state index is 14.6. The van der Waals surface area contributed by atoms with Crippen LogP contribution in [-0.4, -0.2) is 32.5 Å². The summed E-state index contributed by atoms with van der Waals surface area (Å²) in [6, 6.07) is 41.8. The fourth-order valence-corrected chi connectivity index (χ4v) is 9.89. The van der Waals surface area contributed by atoms with Crippen LogP contribution in [0.3, 0.4) is 0 Å². The van der Waals surface area contributed by atoms with Gasteiger partial charge < -0.3 is 4.74 Å². The van der Waals surface area contributed by atoms with Crippen molar-refractivity contribution in [3.05, 3.63) is 149 Å². The van der Waals surface area contributed by atoms with Crippen molar-refractivity contribution < 1.29 is 9.53 Å². The fraction of sp³-hybridized carbons (Fsp3) is 0.105. The molecule has 2 heterocycles. The van der Waals surface area contributed by atoms with Gasteiger partial charge in [0.1, 0.15) is 11.6 Å². The fourth-order valence-electron chi connectivity index (χ4n) is 5.61. The van der Waals surface area contributed by atoms with E-state index >= 15 is 0 Å². The van der Waals surface area contributed by atoms with E-state index in [1.54, 1.807) is 6.92 Å². The Hall–Kier alpha value is -5.42. The van der Waals surface area contributed by atoms with Crippen molar-refractivity contribution in [2.24, 2.45) is 4.74 Å². The summed E-state index contributed by atoms with van der Waals surface area (Å²) in [5.41, 5.74) is 0.931. The van der Waals surface area contributed by atoms with Crippen LogP contribution in [-0.2, 0) is 9.53 Å². The number of nitrogens with zero attached hydrogens (tertiary/aromatic N) is 5. The van der Waals surface area contributed by atoms with E-state index in [0.29, 0.717) is 16.6 Å². The molecular formula is C38H32N5O3PS. The normalized spacial score (nSPS) is 11.4. The van der Waals surface area contributed by atoms with Crippen molar-refractivity contribution >= 4 is 58.1 Å². The Bertz CT molecular complexity index is 2160. The number of rotatable bonds is 10. The van der Waals surface area contributed by atoms with E-state index in [-0.39, 0.29) is 23.4 Å². The van der Waals surface area contributed by atoms with Crippen molar-refractivity contribution in [2.75, 3.05) is 12.4 Å². The van der Waals surface area contributed by atoms with Crippen LogP contribution in [0.5, 0.6) is 0 Å². The Labute approximate surface area is 283 Å². The third-order valence-electron chi connectivity index (χ3n) is 7.64. The van der Waals surface area contributed by atoms with Crippen LogP contribution in [0.15, 0.2) is 142 Å². The van der Waals surface area contributed by atoms with Gasteiger partial charge in [0.25, 0.3) is 5.56 Å². The van der Waals surface area contributed by atoms with E-state index in [4.69, 9.17) is 14.6 Å². The van der Waals surface area contributed by atoms with E-state index in [9.17, 15) is 14.9 Å². The van der Waals surface area contributed by atoms with E-state index in [2.05, 4.69) is 6.07 Å². The van der Waals surface area contributed by atoms with Gasteiger partial charge in [0.15, 0.2) is 10.8 Å². The molecule has 0 amide bonds. The average molecular weight is 670 g/mol. The van der Waals surface area contributed by atoms with E-state index in [1.807, 2.05) is 133 Å². The van der Waals surface area contributed by atoms with E-state index < -0.39 is 18.6 Å². The SMILES string of the molecule is CCOC(=O)/C=C/c1c(N=P(c2ccccc2)(c2ccccc2)c2ccccc2)c(C#N)c2n(-c3ccccc3)c(SCC)nn2c1=O. The van der Waals surface area contributed by atoms with Gasteiger partial charge in [0.2, 0.25) is 0 Å². The largest absolute Gasteiger partial charge is 0.463 e. The van der Waals surface area contributed by atoms with Crippen molar-refractivity contribution in [2.45, 2.75) is 19.0 Å². The summed E-state index contributed by atoms with van der Waals surface area (Å²) < 4.78 is 13.9. The molecule has 2 aromatic heterocycles. The highest BCUT2D eigenvalue weighted by atomic mass is 32.2. The van der Waals surface area contributed by atoms with Gasteiger partial charge >= 0.3 is 5.97 Å². The molecule has 0 fully saturated rings. The van der Waals surface area contributed by atoms with Crippen molar-refractivity contribution in [3.8, 4) is 11.8 Å². The van der Waals surface area contributed by atoms with Crippen LogP contribution in [0.4, 0.5) is 5.69 Å². The lowest BCUT2D eigenvalue weighted by Gasteiger charge is -2.27. The number of pyridine rings is 1. The second kappa shape index (κ2) is 14.6. The Morgan fingerprint density at radius 1 is 0.875 bits per heavy atom. The summed E-state index contributed by atoms with van der Waals surface area (Å²) in [6.45, 7) is 3.88. The van der Waals surface area contributed by atoms with Gasteiger partial charge in [-0.3, -0.25) is 14.1 Å². The predicted molar refractivity (Wildman–Crippen MR) is 195 cm³/mol. The highest BCUT2D eigenvalue weighted by molar-refractivity contribution is 7.99. The summed E-state index contributed by atoms with van der Waals surface area (Å²) in [4.78, 5) is 27.2. The number of hydrogen-bond donors (Lipinski definition) is 0. The molecule has 10 heteroatoms. The number of fused-ring (bicyclic) bond motifs is 1. The number of nitriles is 1. The molecule has 238 valence electrons. The van der Waals surface area contributed by atoms with Gasteiger partial charge in [-0.25, -0.2) is 4.79 Å². The summed E-state index contributed by atoms with van der Waals surface area (Å²) in [6.07, 6.45) is 2.60. The maximum Gasteiger partial charge on any atom is 0.330 e. The van der Waals surface area contributed by atoms with E-state index in [1.165, 1.54) is 28.4 Å². The molecule has 0 aliphatic rings. The molecule has 0 aliphatic heterocycles. The Kier molecular flexibility index (Phi) is 9.86. The number of esters is 1. The minimum atomic E-state index is -2.95. The van der Waals surface area contributed by atoms with Crippen molar-refractivity contribution in [1.29, 1.82) is 5.26 Å². The highest BCUT2D eigenvalue weighted by Crippen LogP contribution is 2.50. The van der Waals surface area contributed by atoms with Crippen molar-refractivity contribution in [1.82, 2.24) is 14.2 Å². The monoisotopic (exact) mass is 669 g/mol. The molecule has 6 aromatic rings. The molecule has 48 heavy (non-hydrogen) atoms. The number of ether oxygens (including phenoxy) is 1. The van der Waals surface area contributed by atoms with Gasteiger partial charge in [-0.15, -0.1) is 5.10 Å². The molecular weight excluding hydrogens is 637 g/mol. The topological polar surface area (TPSA) is 102 Å². The zero-order valence-corrected chi connectivity index (χ0v) is 28.1. The first-order valence-electron chi connectivity index (χ1n) is 15.5. The number of carbonyl (C=O) groups excluding carboxylic acids is 1. The standard InChI is InChI=1S/C38H32N5O3PS/c1-3-46-34(44)26-25-32-35(33(27-39)36-42(28-17-9-5-10-18-28)38(48-4-2)40-43(36)37(32)45)41-47(29-19-11-6-12-20-29,30-21-13-7-14-22-30)31-23-15-8-16-24-31/h5-26H,3-4H2,1-2H3/b26-25+. The molecule has 0 atom stereocenters. The van der Waals surface area contributed by atoms with Crippen molar-refractivity contribution in [3.63, 3.8) is 0 Å². The summed E-state index contributed by atoms with van der Waals surface area (Å²) in [5, 5.41) is 19.1. The van der Waals surface area contributed by atoms with E-state index in [0.717, 1.165) is 21.6 Å². The molecule has 0 radical (unpaired) electrons. The van der Waals surface area contributed by atoms with Crippen LogP contribution in [0, 0.1) is 11.3 Å². The molecule has 0 saturated heterocycles. The highest BCUT2D eigenvalue weighted by Gasteiger charge is 2.31. The lowest BCUT2D eigenvalue weighted by Crippen LogP contribution is -2.26. The lowest BCUT2D eigenvalue weighted by atomic mass is 10.1. The second-order valence-electron chi connectivity index (χ2n) is 10.5. The van der Waals surface area contributed by atoms with Crippen LogP contribution in [0.2, 0.25) is 0 Å². The molecule has 0 aliphatic carbocycles. The van der Waals surface area contributed by atoms with Crippen LogP contribution in [0.1, 0.15) is 25.0 Å². The minimum absolute atomic E-state index is 0.0648. The third kappa shape index (κ3) is 6.04. The first kappa shape index (κ1) is 32.5. The molecule has 6 rings (SSSR count). The van der Waals surface area contributed by atoms with Gasteiger partial charge in [-0.1, -0.05) is 128 Å². The maximum atomic E-state index is 14.6. The van der Waals surface area contributed by atoms with Gasteiger partial charge in [0.05, 0.1) is 24.9 Å². The molecule has 0 saturated carbocycles. The zero-order valence-electron chi connectivity index (χ0n) is 26.4. The minimum Gasteiger partial charge on any atom is -0.463 e. The number of hydrogen-bond acceptors (Lipinski definition) is 7. The Morgan fingerprint density at radius 3 is 1.88 bits per heavy atom. The zero-order chi connectivity index (χ0) is 33.5. The van der Waals surface area contributed by atoms with Crippen LogP contribution in [0.25, 0.3) is 17.4 Å². The lowest BCUT2D eigenvalue weighted by molar-refractivity contribution is -0.137. The first-order valence-corrected chi connectivity index (χ1v) is 18.2. The number of aromatic nitrogens is 3. The van der Waals surface area contributed by atoms with Gasteiger partial charge in [-0.05, 0) is 30.9 Å². The average Bonchev–Trinajstić information content (AvgIpc) is 3.51. The first-order chi connectivity index (χ1) is 23.5. The molecule has 0 spiro atoms. The third-order valence-corrected chi connectivity index (χ3v) is 12.1. The quantitative estimate of drug-likeness (QED) is 0.0684. The number of benzene rings is 4. The van der Waals surface area contributed by atoms with Crippen LogP contribution < -0.4 is 21.5 Å². The smallest absolute Gasteiger partial charge is 0.330 e. The number of carbonyl (C=O) groups is 1. The Balaban J connectivity index is 1.87. The molecule has 8 nitrogen and oxygen atoms in total. The summed E-state index contributed by atoms with van der Waals surface area (Å²) in [5.74, 6) is 0.0725. The second-order valence-corrected chi connectivity index (χ2v) is 14.8. The summed E-state index contributed by atoms with van der Waals surface area (Å²) in [7, 11) is -2.95. The predicted octanol–water partition coefficient (Wildman–Crippen LogP) is 6.85. The van der Waals surface area contributed by atoms with Crippen LogP contribution >= 0.6 is 18.8 Å².